The molecular formula is C15H20ClNO4. The average Bonchev–Trinajstić information content (AvgIpc) is 2.78. The van der Waals surface area contributed by atoms with Gasteiger partial charge in [-0.15, -0.1) is 0 Å². The second-order valence-electron chi connectivity index (χ2n) is 5.34. The maximum Gasteiger partial charge on any atom is 0.258 e. The van der Waals surface area contributed by atoms with Gasteiger partial charge in [0.2, 0.25) is 0 Å². The molecule has 116 valence electrons. The van der Waals surface area contributed by atoms with Crippen molar-refractivity contribution in [3.05, 3.63) is 28.8 Å². The van der Waals surface area contributed by atoms with Gasteiger partial charge in [-0.3, -0.25) is 4.79 Å². The zero-order chi connectivity index (χ0) is 15.5. The van der Waals surface area contributed by atoms with Gasteiger partial charge >= 0.3 is 0 Å². The van der Waals surface area contributed by atoms with E-state index in [1.807, 2.05) is 6.92 Å². The summed E-state index contributed by atoms with van der Waals surface area (Å²) in [6.45, 7) is 4.23. The van der Waals surface area contributed by atoms with E-state index in [9.17, 15) is 9.90 Å². The van der Waals surface area contributed by atoms with Gasteiger partial charge in [0.1, 0.15) is 11.4 Å². The number of hydrogen-bond acceptors (Lipinski definition) is 4. The van der Waals surface area contributed by atoms with E-state index in [-0.39, 0.29) is 25.2 Å². The van der Waals surface area contributed by atoms with E-state index in [4.69, 9.17) is 21.1 Å². The second-order valence-corrected chi connectivity index (χ2v) is 5.75. The molecule has 2 unspecified atom stereocenters. The fraction of sp³-hybridized carbons (Fsp3) is 0.533. The van der Waals surface area contributed by atoms with Gasteiger partial charge in [0.25, 0.3) is 5.91 Å². The van der Waals surface area contributed by atoms with Crippen LogP contribution in [-0.2, 0) is 9.53 Å². The van der Waals surface area contributed by atoms with Crippen molar-refractivity contribution < 1.29 is 19.4 Å². The molecule has 5 nitrogen and oxygen atoms in total. The van der Waals surface area contributed by atoms with E-state index in [2.05, 4.69) is 5.32 Å². The van der Waals surface area contributed by atoms with Gasteiger partial charge in [0.05, 0.1) is 6.10 Å². The number of benzene rings is 1. The van der Waals surface area contributed by atoms with Crippen molar-refractivity contribution >= 4 is 17.5 Å². The molecule has 0 aliphatic carbocycles. The summed E-state index contributed by atoms with van der Waals surface area (Å²) in [6.07, 6.45) is 0.240. The standard InChI is InChI=1S/C15H20ClNO4/c1-10-7-12(3-4-13(10)16)21-8-14(18)17-9-15(19)5-6-20-11(15)2/h3-4,7,11,19H,5-6,8-9H2,1-2H3,(H,17,18). The summed E-state index contributed by atoms with van der Waals surface area (Å²) in [4.78, 5) is 11.8. The predicted octanol–water partition coefficient (Wildman–Crippen LogP) is 1.68. The van der Waals surface area contributed by atoms with Crippen LogP contribution in [0, 0.1) is 6.92 Å². The number of amides is 1. The molecule has 2 rings (SSSR count). The Kier molecular flexibility index (Phi) is 5.08. The maximum absolute atomic E-state index is 11.8. The fourth-order valence-corrected chi connectivity index (χ4v) is 2.28. The largest absolute Gasteiger partial charge is 0.484 e. The second kappa shape index (κ2) is 6.64. The Morgan fingerprint density at radius 3 is 3.00 bits per heavy atom. The van der Waals surface area contributed by atoms with Gasteiger partial charge in [0, 0.05) is 24.6 Å². The number of ether oxygens (including phenoxy) is 2. The van der Waals surface area contributed by atoms with Crippen LogP contribution in [0.25, 0.3) is 0 Å². The minimum atomic E-state index is -0.994. The number of carbonyl (C=O) groups is 1. The molecule has 0 aromatic heterocycles. The molecule has 1 aliphatic heterocycles. The van der Waals surface area contributed by atoms with Crippen LogP contribution in [0.1, 0.15) is 18.9 Å². The zero-order valence-corrected chi connectivity index (χ0v) is 12.9. The van der Waals surface area contributed by atoms with Crippen LogP contribution in [0.5, 0.6) is 5.75 Å². The number of carbonyl (C=O) groups excluding carboxylic acids is 1. The van der Waals surface area contributed by atoms with E-state index in [1.54, 1.807) is 25.1 Å². The summed E-state index contributed by atoms with van der Waals surface area (Å²) >= 11 is 5.92. The molecule has 2 N–H and O–H groups in total. The number of nitrogens with one attached hydrogen (secondary N) is 1. The molecule has 1 aromatic rings. The van der Waals surface area contributed by atoms with Crippen molar-refractivity contribution in [2.75, 3.05) is 19.8 Å². The smallest absolute Gasteiger partial charge is 0.258 e. The fourth-order valence-electron chi connectivity index (χ4n) is 2.16. The van der Waals surface area contributed by atoms with Crippen molar-refractivity contribution in [2.45, 2.75) is 32.0 Å². The Balaban J connectivity index is 1.78. The Labute approximate surface area is 129 Å². The SMILES string of the molecule is Cc1cc(OCC(=O)NCC2(O)CCOC2C)ccc1Cl. The first-order valence-electron chi connectivity index (χ1n) is 6.90. The highest BCUT2D eigenvalue weighted by Crippen LogP contribution is 2.24. The van der Waals surface area contributed by atoms with Gasteiger partial charge in [-0.2, -0.15) is 0 Å². The number of aliphatic hydroxyl groups is 1. The molecule has 1 heterocycles. The highest BCUT2D eigenvalue weighted by atomic mass is 35.5. The topological polar surface area (TPSA) is 67.8 Å². The number of rotatable bonds is 5. The minimum absolute atomic E-state index is 0.105. The number of aryl methyl sites for hydroxylation is 1. The van der Waals surface area contributed by atoms with Gasteiger partial charge in [-0.25, -0.2) is 0 Å². The van der Waals surface area contributed by atoms with Crippen LogP contribution in [0.2, 0.25) is 5.02 Å². The van der Waals surface area contributed by atoms with Gasteiger partial charge in [-0.1, -0.05) is 11.6 Å². The van der Waals surface area contributed by atoms with Crippen molar-refractivity contribution in [2.24, 2.45) is 0 Å². The summed E-state index contributed by atoms with van der Waals surface area (Å²) in [5, 5.41) is 13.6. The molecule has 0 radical (unpaired) electrons. The molecular weight excluding hydrogens is 294 g/mol. The lowest BCUT2D eigenvalue weighted by Crippen LogP contribution is -2.48. The summed E-state index contributed by atoms with van der Waals surface area (Å²) in [5.74, 6) is 0.304. The van der Waals surface area contributed by atoms with E-state index >= 15 is 0 Å². The highest BCUT2D eigenvalue weighted by molar-refractivity contribution is 6.31. The van der Waals surface area contributed by atoms with Crippen molar-refractivity contribution in [3.8, 4) is 5.75 Å². The third-order valence-electron chi connectivity index (χ3n) is 3.75. The molecule has 0 saturated carbocycles. The van der Waals surface area contributed by atoms with E-state index in [1.165, 1.54) is 0 Å². The van der Waals surface area contributed by atoms with E-state index in [0.717, 1.165) is 5.56 Å². The molecule has 21 heavy (non-hydrogen) atoms. The molecule has 6 heteroatoms. The lowest BCUT2D eigenvalue weighted by Gasteiger charge is -2.26. The number of halogens is 1. The Hall–Kier alpha value is -1.30. The zero-order valence-electron chi connectivity index (χ0n) is 12.2. The average molecular weight is 314 g/mol. The summed E-state index contributed by atoms with van der Waals surface area (Å²) < 4.78 is 10.7. The third kappa shape index (κ3) is 4.09. The summed E-state index contributed by atoms with van der Waals surface area (Å²) in [5.41, 5.74) is -0.104. The predicted molar refractivity (Wildman–Crippen MR) is 79.7 cm³/mol. The maximum atomic E-state index is 11.8. The minimum Gasteiger partial charge on any atom is -0.484 e. The molecule has 0 bridgehead atoms. The Bertz CT molecular complexity index is 522. The summed E-state index contributed by atoms with van der Waals surface area (Å²) in [6, 6.07) is 5.21. The van der Waals surface area contributed by atoms with Gasteiger partial charge in [0.15, 0.2) is 6.61 Å². The van der Waals surface area contributed by atoms with Crippen LogP contribution in [0.15, 0.2) is 18.2 Å². The van der Waals surface area contributed by atoms with Crippen molar-refractivity contribution in [1.29, 1.82) is 0 Å². The lowest BCUT2D eigenvalue weighted by molar-refractivity contribution is -0.124. The lowest BCUT2D eigenvalue weighted by atomic mass is 9.97. The van der Waals surface area contributed by atoms with Crippen molar-refractivity contribution in [3.63, 3.8) is 0 Å². The first-order chi connectivity index (χ1) is 9.90. The first-order valence-corrected chi connectivity index (χ1v) is 7.28. The molecule has 1 saturated heterocycles. The molecule has 2 atom stereocenters. The molecule has 1 fully saturated rings. The normalized spacial score (nSPS) is 24.9. The molecule has 1 amide bonds. The van der Waals surface area contributed by atoms with Gasteiger partial charge < -0.3 is 19.9 Å². The Morgan fingerprint density at radius 1 is 1.62 bits per heavy atom. The number of hydrogen-bond donors (Lipinski definition) is 2. The van der Waals surface area contributed by atoms with E-state index in [0.29, 0.717) is 23.8 Å². The van der Waals surface area contributed by atoms with Gasteiger partial charge in [-0.05, 0) is 37.6 Å². The van der Waals surface area contributed by atoms with E-state index < -0.39 is 5.60 Å². The molecule has 1 aliphatic rings. The van der Waals surface area contributed by atoms with Crippen molar-refractivity contribution in [1.82, 2.24) is 5.32 Å². The quantitative estimate of drug-likeness (QED) is 0.868. The Morgan fingerprint density at radius 2 is 2.38 bits per heavy atom. The highest BCUT2D eigenvalue weighted by Gasteiger charge is 2.39. The van der Waals surface area contributed by atoms with Crippen LogP contribution in [0.3, 0.4) is 0 Å². The van der Waals surface area contributed by atoms with Crippen LogP contribution >= 0.6 is 11.6 Å². The monoisotopic (exact) mass is 313 g/mol. The van der Waals surface area contributed by atoms with Crippen LogP contribution < -0.4 is 10.1 Å². The van der Waals surface area contributed by atoms with Crippen LogP contribution in [-0.4, -0.2) is 42.5 Å². The first kappa shape index (κ1) is 16.1. The third-order valence-corrected chi connectivity index (χ3v) is 4.17. The molecule has 0 spiro atoms. The molecule has 1 aromatic carbocycles. The summed E-state index contributed by atoms with van der Waals surface area (Å²) in [7, 11) is 0. The van der Waals surface area contributed by atoms with Crippen LogP contribution in [0.4, 0.5) is 0 Å².